The second kappa shape index (κ2) is 11.1. The molecule has 4 aromatic heterocycles. The molecule has 12 aromatic rings. The van der Waals surface area contributed by atoms with Crippen molar-refractivity contribution in [3.63, 3.8) is 0 Å². The van der Waals surface area contributed by atoms with Gasteiger partial charge in [0, 0.05) is 52.2 Å². The van der Waals surface area contributed by atoms with E-state index < -0.39 is 0 Å². The van der Waals surface area contributed by atoms with E-state index in [1.807, 2.05) is 11.3 Å². The van der Waals surface area contributed by atoms with Gasteiger partial charge in [0.1, 0.15) is 0 Å². The van der Waals surface area contributed by atoms with Crippen molar-refractivity contribution in [3.05, 3.63) is 164 Å². The number of hydrogen-bond donors (Lipinski definition) is 0. The van der Waals surface area contributed by atoms with Crippen molar-refractivity contribution in [1.82, 2.24) is 14.5 Å². The molecule has 246 valence electrons. The van der Waals surface area contributed by atoms with Gasteiger partial charge >= 0.3 is 0 Å². The molecule has 0 aliphatic heterocycles. The van der Waals surface area contributed by atoms with E-state index in [9.17, 15) is 0 Å². The highest BCUT2D eigenvalue weighted by Gasteiger charge is 2.23. The minimum atomic E-state index is 0.678. The first-order valence-corrected chi connectivity index (χ1v) is 19.5. The summed E-state index contributed by atoms with van der Waals surface area (Å²) in [4.78, 5) is 11.0. The minimum absolute atomic E-state index is 0.678. The van der Waals surface area contributed by atoms with Crippen LogP contribution < -0.4 is 0 Å². The Morgan fingerprint density at radius 1 is 0.434 bits per heavy atom. The van der Waals surface area contributed by atoms with Crippen LogP contribution >= 0.6 is 22.7 Å². The molecular formula is C48H27N3S2. The minimum Gasteiger partial charge on any atom is -0.277 e. The highest BCUT2D eigenvalue weighted by Crippen LogP contribution is 2.45. The van der Waals surface area contributed by atoms with Crippen molar-refractivity contribution in [2.45, 2.75) is 0 Å². The van der Waals surface area contributed by atoms with Crippen LogP contribution in [0.25, 0.3) is 112 Å². The Morgan fingerprint density at radius 2 is 1.19 bits per heavy atom. The lowest BCUT2D eigenvalue weighted by molar-refractivity contribution is 1.02. The van der Waals surface area contributed by atoms with Gasteiger partial charge in [0.2, 0.25) is 5.95 Å². The third-order valence-corrected chi connectivity index (χ3v) is 13.1. The zero-order chi connectivity index (χ0) is 34.6. The van der Waals surface area contributed by atoms with E-state index in [1.54, 1.807) is 11.3 Å². The number of fused-ring (bicyclic) bond motifs is 12. The Bertz CT molecular complexity index is 3460. The molecule has 0 amide bonds. The highest BCUT2D eigenvalue weighted by atomic mass is 32.1. The summed E-state index contributed by atoms with van der Waals surface area (Å²) in [6.07, 6.45) is 0. The molecule has 0 fully saturated rings. The Kier molecular flexibility index (Phi) is 6.09. The first-order chi connectivity index (χ1) is 26.3. The fourth-order valence-corrected chi connectivity index (χ4v) is 10.7. The average Bonchev–Trinajstić information content (AvgIpc) is 3.89. The van der Waals surface area contributed by atoms with E-state index in [0.29, 0.717) is 5.95 Å². The summed E-state index contributed by atoms with van der Waals surface area (Å²) in [7, 11) is 0. The predicted molar refractivity (Wildman–Crippen MR) is 228 cm³/mol. The summed E-state index contributed by atoms with van der Waals surface area (Å²) < 4.78 is 7.24. The summed E-state index contributed by atoms with van der Waals surface area (Å²) in [5, 5.41) is 11.2. The molecule has 0 saturated carbocycles. The van der Waals surface area contributed by atoms with Gasteiger partial charge in [-0.15, -0.1) is 22.7 Å². The Labute approximate surface area is 311 Å². The SMILES string of the molecule is c1ccc(-c2nc(-n3c4cc5ccccc5cc4c4cccc(-c5ccc6c(c5)sc5ccc7ccccc7c56)c43)nc3c2sc2ccccc23)cc1. The maximum absolute atomic E-state index is 5.50. The number of nitrogens with zero attached hydrogens (tertiary/aromatic N) is 3. The van der Waals surface area contributed by atoms with E-state index in [4.69, 9.17) is 9.97 Å². The van der Waals surface area contributed by atoms with E-state index in [-0.39, 0.29) is 0 Å². The maximum Gasteiger partial charge on any atom is 0.235 e. The number of hydrogen-bond acceptors (Lipinski definition) is 4. The number of thiophene rings is 2. The first-order valence-electron chi connectivity index (χ1n) is 17.8. The molecule has 0 unspecified atom stereocenters. The molecule has 0 saturated heterocycles. The Balaban J connectivity index is 1.20. The Morgan fingerprint density at radius 3 is 2.08 bits per heavy atom. The van der Waals surface area contributed by atoms with Crippen molar-refractivity contribution in [2.24, 2.45) is 0 Å². The van der Waals surface area contributed by atoms with E-state index in [2.05, 4.69) is 168 Å². The van der Waals surface area contributed by atoms with Gasteiger partial charge in [-0.1, -0.05) is 133 Å². The zero-order valence-electron chi connectivity index (χ0n) is 28.2. The summed E-state index contributed by atoms with van der Waals surface area (Å²) in [6, 6.07) is 59.4. The molecule has 0 radical (unpaired) electrons. The van der Waals surface area contributed by atoms with Crippen molar-refractivity contribution < 1.29 is 0 Å². The lowest BCUT2D eigenvalue weighted by Gasteiger charge is -2.13. The normalized spacial score (nSPS) is 12.2. The highest BCUT2D eigenvalue weighted by molar-refractivity contribution is 7.26. The number of rotatable bonds is 3. The molecule has 0 aliphatic rings. The van der Waals surface area contributed by atoms with Gasteiger partial charge in [-0.05, 0) is 57.4 Å². The van der Waals surface area contributed by atoms with Crippen LogP contribution in [-0.4, -0.2) is 14.5 Å². The quantitative estimate of drug-likeness (QED) is 0.183. The van der Waals surface area contributed by atoms with Crippen LogP contribution in [0.1, 0.15) is 0 Å². The molecule has 3 nitrogen and oxygen atoms in total. The fraction of sp³-hybridized carbons (Fsp3) is 0. The van der Waals surface area contributed by atoms with Gasteiger partial charge in [-0.2, -0.15) is 0 Å². The van der Waals surface area contributed by atoms with Crippen LogP contribution in [-0.2, 0) is 0 Å². The second-order valence-electron chi connectivity index (χ2n) is 13.7. The van der Waals surface area contributed by atoms with Gasteiger partial charge < -0.3 is 0 Å². The summed E-state index contributed by atoms with van der Waals surface area (Å²) in [6.45, 7) is 0. The number of benzene rings is 8. The van der Waals surface area contributed by atoms with Crippen LogP contribution in [0.15, 0.2) is 164 Å². The molecule has 53 heavy (non-hydrogen) atoms. The van der Waals surface area contributed by atoms with Crippen LogP contribution in [0.2, 0.25) is 0 Å². The van der Waals surface area contributed by atoms with E-state index in [1.165, 1.54) is 62.8 Å². The molecular weight excluding hydrogens is 683 g/mol. The van der Waals surface area contributed by atoms with Gasteiger partial charge in [0.05, 0.1) is 26.9 Å². The van der Waals surface area contributed by atoms with Crippen molar-refractivity contribution >= 4 is 106 Å². The molecule has 5 heteroatoms. The zero-order valence-corrected chi connectivity index (χ0v) is 29.9. The summed E-state index contributed by atoms with van der Waals surface area (Å²) in [5.41, 5.74) is 7.58. The first kappa shape index (κ1) is 29.2. The third-order valence-electron chi connectivity index (χ3n) is 10.8. The number of para-hydroxylation sites is 1. The van der Waals surface area contributed by atoms with Crippen molar-refractivity contribution in [3.8, 4) is 28.3 Å². The standard InChI is InChI=1S/C48H27N3S2/c1-2-12-29(13-3-1)44-47-45(37-17-8-9-20-40(37)53-47)50-48(49-44)51-39-26-31-15-5-4-14-30(31)25-38(39)35-19-10-18-34(46(35)51)32-21-23-36-42(27-32)52-41-24-22-28-11-6-7-16-33(28)43(36)41/h1-27H. The largest absolute Gasteiger partial charge is 0.277 e. The maximum atomic E-state index is 5.50. The summed E-state index contributed by atoms with van der Waals surface area (Å²) >= 11 is 3.64. The van der Waals surface area contributed by atoms with Crippen LogP contribution in [0.4, 0.5) is 0 Å². The fourth-order valence-electron chi connectivity index (χ4n) is 8.38. The molecule has 12 rings (SSSR count). The van der Waals surface area contributed by atoms with Crippen LogP contribution in [0.5, 0.6) is 0 Å². The van der Waals surface area contributed by atoms with E-state index >= 15 is 0 Å². The van der Waals surface area contributed by atoms with Gasteiger partial charge in [0.25, 0.3) is 0 Å². The average molecular weight is 710 g/mol. The predicted octanol–water partition coefficient (Wildman–Crippen LogP) is 13.9. The molecule has 0 N–H and O–H groups in total. The lowest BCUT2D eigenvalue weighted by atomic mass is 9.99. The molecule has 4 heterocycles. The molecule has 0 atom stereocenters. The molecule has 8 aromatic carbocycles. The second-order valence-corrected chi connectivity index (χ2v) is 15.9. The van der Waals surface area contributed by atoms with Crippen molar-refractivity contribution in [1.29, 1.82) is 0 Å². The topological polar surface area (TPSA) is 30.7 Å². The monoisotopic (exact) mass is 709 g/mol. The van der Waals surface area contributed by atoms with Gasteiger partial charge in [-0.25, -0.2) is 9.97 Å². The van der Waals surface area contributed by atoms with Gasteiger partial charge in [0.15, 0.2) is 0 Å². The van der Waals surface area contributed by atoms with Crippen LogP contribution in [0.3, 0.4) is 0 Å². The van der Waals surface area contributed by atoms with Crippen LogP contribution in [0, 0.1) is 0 Å². The summed E-state index contributed by atoms with van der Waals surface area (Å²) in [5.74, 6) is 0.678. The molecule has 0 spiro atoms. The molecule has 0 aliphatic carbocycles. The lowest BCUT2D eigenvalue weighted by Crippen LogP contribution is -2.03. The molecule has 0 bridgehead atoms. The Hall–Kier alpha value is -6.40. The van der Waals surface area contributed by atoms with Gasteiger partial charge in [-0.3, -0.25) is 4.57 Å². The smallest absolute Gasteiger partial charge is 0.235 e. The number of aromatic nitrogens is 3. The van der Waals surface area contributed by atoms with E-state index in [0.717, 1.165) is 43.5 Å². The van der Waals surface area contributed by atoms with Crippen molar-refractivity contribution in [2.75, 3.05) is 0 Å². The third kappa shape index (κ3) is 4.26.